The third kappa shape index (κ3) is 4.61. The molecule has 3 rings (SSSR count). The van der Waals surface area contributed by atoms with Gasteiger partial charge >= 0.3 is 0 Å². The van der Waals surface area contributed by atoms with Crippen molar-refractivity contribution in [3.63, 3.8) is 0 Å². The summed E-state index contributed by atoms with van der Waals surface area (Å²) in [7, 11) is 3.16. The molecule has 1 N–H and O–H groups in total. The molecule has 1 aromatic carbocycles. The van der Waals surface area contributed by atoms with E-state index < -0.39 is 0 Å². The number of pyridine rings is 2. The van der Waals surface area contributed by atoms with Gasteiger partial charge in [-0.25, -0.2) is 0 Å². The molecule has 0 aliphatic carbocycles. The van der Waals surface area contributed by atoms with Gasteiger partial charge in [0.25, 0.3) is 0 Å². The number of aromatic nitrogens is 2. The molecule has 0 aliphatic rings. The van der Waals surface area contributed by atoms with Crippen molar-refractivity contribution in [2.45, 2.75) is 13.0 Å². The fourth-order valence-electron chi connectivity index (χ4n) is 2.78. The minimum absolute atomic E-state index is 0.0771. The van der Waals surface area contributed by atoms with Crippen LogP contribution in [0.2, 0.25) is 0 Å². The lowest BCUT2D eigenvalue weighted by molar-refractivity contribution is -0.120. The number of hydrogen-bond donors (Lipinski definition) is 1. The lowest BCUT2D eigenvalue weighted by atomic mass is 10.1. The van der Waals surface area contributed by atoms with Crippen LogP contribution in [0, 0.1) is 0 Å². The molecule has 0 aliphatic heterocycles. The van der Waals surface area contributed by atoms with Crippen LogP contribution in [0.4, 0.5) is 0 Å². The molecule has 6 heteroatoms. The van der Waals surface area contributed by atoms with Gasteiger partial charge in [-0.05, 0) is 41.5 Å². The SMILES string of the molecule is COc1ccc(CC(=O)NCc2cccnc2-c2ccncc2)cc1OC. The van der Waals surface area contributed by atoms with Crippen LogP contribution in [-0.4, -0.2) is 30.1 Å². The summed E-state index contributed by atoms with van der Waals surface area (Å²) in [6, 6.07) is 13.1. The van der Waals surface area contributed by atoms with Gasteiger partial charge < -0.3 is 14.8 Å². The second kappa shape index (κ2) is 8.80. The number of amides is 1. The van der Waals surface area contributed by atoms with E-state index in [9.17, 15) is 4.79 Å². The van der Waals surface area contributed by atoms with E-state index in [4.69, 9.17) is 9.47 Å². The fraction of sp³-hybridized carbons (Fsp3) is 0.190. The minimum atomic E-state index is -0.0771. The molecular formula is C21H21N3O3. The number of hydrogen-bond acceptors (Lipinski definition) is 5. The summed E-state index contributed by atoms with van der Waals surface area (Å²) in [6.45, 7) is 0.400. The van der Waals surface area contributed by atoms with Gasteiger partial charge in [-0.1, -0.05) is 12.1 Å². The topological polar surface area (TPSA) is 73.3 Å². The van der Waals surface area contributed by atoms with Gasteiger partial charge in [0.15, 0.2) is 11.5 Å². The molecule has 0 fully saturated rings. The first-order chi connectivity index (χ1) is 13.2. The number of nitrogens with one attached hydrogen (secondary N) is 1. The zero-order valence-corrected chi connectivity index (χ0v) is 15.3. The summed E-state index contributed by atoms with van der Waals surface area (Å²) in [5, 5.41) is 2.96. The van der Waals surface area contributed by atoms with E-state index in [1.807, 2.05) is 36.4 Å². The van der Waals surface area contributed by atoms with Gasteiger partial charge in [-0.3, -0.25) is 14.8 Å². The molecule has 3 aromatic rings. The molecule has 0 bridgehead atoms. The molecule has 138 valence electrons. The lowest BCUT2D eigenvalue weighted by Crippen LogP contribution is -2.25. The molecule has 0 atom stereocenters. The first kappa shape index (κ1) is 18.4. The Morgan fingerprint density at radius 2 is 1.78 bits per heavy atom. The second-order valence-corrected chi connectivity index (χ2v) is 5.89. The Morgan fingerprint density at radius 3 is 2.52 bits per heavy atom. The van der Waals surface area contributed by atoms with Gasteiger partial charge in [-0.2, -0.15) is 0 Å². The van der Waals surface area contributed by atoms with Crippen molar-refractivity contribution in [3.8, 4) is 22.8 Å². The first-order valence-electron chi connectivity index (χ1n) is 8.53. The van der Waals surface area contributed by atoms with Crippen LogP contribution in [-0.2, 0) is 17.8 Å². The van der Waals surface area contributed by atoms with Crippen molar-refractivity contribution in [3.05, 3.63) is 72.2 Å². The molecule has 27 heavy (non-hydrogen) atoms. The van der Waals surface area contributed by atoms with Crippen molar-refractivity contribution in [2.75, 3.05) is 14.2 Å². The van der Waals surface area contributed by atoms with Crippen molar-refractivity contribution in [1.82, 2.24) is 15.3 Å². The average Bonchev–Trinajstić information content (AvgIpc) is 2.73. The number of carbonyl (C=O) groups is 1. The number of nitrogens with zero attached hydrogens (tertiary/aromatic N) is 2. The van der Waals surface area contributed by atoms with Gasteiger partial charge in [0.2, 0.25) is 5.91 Å². The van der Waals surface area contributed by atoms with Crippen LogP contribution in [0.15, 0.2) is 61.1 Å². The maximum absolute atomic E-state index is 12.4. The highest BCUT2D eigenvalue weighted by molar-refractivity contribution is 5.79. The van der Waals surface area contributed by atoms with Crippen LogP contribution >= 0.6 is 0 Å². The molecule has 1 amide bonds. The Morgan fingerprint density at radius 1 is 1.00 bits per heavy atom. The standard InChI is InChI=1S/C21H21N3O3/c1-26-18-6-5-15(12-19(18)27-2)13-20(25)24-14-17-4-3-9-23-21(17)16-7-10-22-11-8-16/h3-12H,13-14H2,1-2H3,(H,24,25). The molecule has 0 spiro atoms. The number of ether oxygens (including phenoxy) is 2. The van der Waals surface area contributed by atoms with Crippen LogP contribution in [0.1, 0.15) is 11.1 Å². The van der Waals surface area contributed by atoms with Crippen LogP contribution in [0.5, 0.6) is 11.5 Å². The minimum Gasteiger partial charge on any atom is -0.493 e. The zero-order chi connectivity index (χ0) is 19.1. The van der Waals surface area contributed by atoms with Crippen molar-refractivity contribution in [2.24, 2.45) is 0 Å². The monoisotopic (exact) mass is 363 g/mol. The number of rotatable bonds is 7. The first-order valence-corrected chi connectivity index (χ1v) is 8.53. The smallest absolute Gasteiger partial charge is 0.224 e. The Balaban J connectivity index is 1.67. The molecule has 0 saturated carbocycles. The molecular weight excluding hydrogens is 342 g/mol. The highest BCUT2D eigenvalue weighted by Crippen LogP contribution is 2.27. The largest absolute Gasteiger partial charge is 0.493 e. The number of benzene rings is 1. The molecule has 6 nitrogen and oxygen atoms in total. The Labute approximate surface area is 158 Å². The summed E-state index contributed by atoms with van der Waals surface area (Å²) in [5.74, 6) is 1.17. The van der Waals surface area contributed by atoms with Crippen molar-refractivity contribution in [1.29, 1.82) is 0 Å². The van der Waals surface area contributed by atoms with Crippen LogP contribution < -0.4 is 14.8 Å². The fourth-order valence-corrected chi connectivity index (χ4v) is 2.78. The highest BCUT2D eigenvalue weighted by Gasteiger charge is 2.10. The quantitative estimate of drug-likeness (QED) is 0.698. The van der Waals surface area contributed by atoms with E-state index in [0.717, 1.165) is 22.4 Å². The predicted octanol–water partition coefficient (Wildman–Crippen LogP) is 3.02. The predicted molar refractivity (Wildman–Crippen MR) is 103 cm³/mol. The molecule has 2 aromatic heterocycles. The maximum Gasteiger partial charge on any atom is 0.224 e. The third-order valence-corrected chi connectivity index (χ3v) is 4.13. The van der Waals surface area contributed by atoms with Crippen molar-refractivity contribution >= 4 is 5.91 Å². The maximum atomic E-state index is 12.4. The zero-order valence-electron chi connectivity index (χ0n) is 15.3. The third-order valence-electron chi connectivity index (χ3n) is 4.13. The Bertz CT molecular complexity index is 914. The number of methoxy groups -OCH3 is 2. The number of carbonyl (C=O) groups excluding carboxylic acids is 1. The van der Waals surface area contributed by atoms with Crippen molar-refractivity contribution < 1.29 is 14.3 Å². The summed E-state index contributed by atoms with van der Waals surface area (Å²) in [5.41, 5.74) is 3.61. The van der Waals surface area contributed by atoms with Gasteiger partial charge in [0, 0.05) is 30.7 Å². The summed E-state index contributed by atoms with van der Waals surface area (Å²) < 4.78 is 10.5. The van der Waals surface area contributed by atoms with Gasteiger partial charge in [0.1, 0.15) is 0 Å². The molecule has 0 radical (unpaired) electrons. The van der Waals surface area contributed by atoms with Crippen LogP contribution in [0.25, 0.3) is 11.3 Å². The van der Waals surface area contributed by atoms with E-state index in [-0.39, 0.29) is 12.3 Å². The van der Waals surface area contributed by atoms with E-state index in [0.29, 0.717) is 18.0 Å². The molecule has 0 unspecified atom stereocenters. The summed E-state index contributed by atoms with van der Waals surface area (Å²) in [6.07, 6.45) is 5.45. The summed E-state index contributed by atoms with van der Waals surface area (Å²) >= 11 is 0. The summed E-state index contributed by atoms with van der Waals surface area (Å²) in [4.78, 5) is 20.8. The molecule has 0 saturated heterocycles. The van der Waals surface area contributed by atoms with E-state index in [1.54, 1.807) is 38.9 Å². The Hall–Kier alpha value is -3.41. The van der Waals surface area contributed by atoms with E-state index >= 15 is 0 Å². The Kier molecular flexibility index (Phi) is 5.99. The normalized spacial score (nSPS) is 10.3. The van der Waals surface area contributed by atoms with Crippen LogP contribution in [0.3, 0.4) is 0 Å². The van der Waals surface area contributed by atoms with E-state index in [1.165, 1.54) is 0 Å². The van der Waals surface area contributed by atoms with Gasteiger partial charge in [-0.15, -0.1) is 0 Å². The van der Waals surface area contributed by atoms with Gasteiger partial charge in [0.05, 0.1) is 26.3 Å². The van der Waals surface area contributed by atoms with E-state index in [2.05, 4.69) is 15.3 Å². The lowest BCUT2D eigenvalue weighted by Gasteiger charge is -2.11. The molecule has 2 heterocycles. The highest BCUT2D eigenvalue weighted by atomic mass is 16.5. The average molecular weight is 363 g/mol. The second-order valence-electron chi connectivity index (χ2n) is 5.89.